The summed E-state index contributed by atoms with van der Waals surface area (Å²) in [6.07, 6.45) is 6.17. The van der Waals surface area contributed by atoms with Gasteiger partial charge in [-0.15, -0.1) is 0 Å². The van der Waals surface area contributed by atoms with Crippen molar-refractivity contribution < 1.29 is 4.39 Å². The van der Waals surface area contributed by atoms with Gasteiger partial charge in [0, 0.05) is 5.56 Å². The molecule has 1 aromatic carbocycles. The van der Waals surface area contributed by atoms with Gasteiger partial charge in [0.15, 0.2) is 0 Å². The van der Waals surface area contributed by atoms with Crippen LogP contribution >= 0.6 is 11.6 Å². The van der Waals surface area contributed by atoms with Crippen LogP contribution < -0.4 is 16.3 Å². The Bertz CT molecular complexity index is 1080. The third kappa shape index (κ3) is 2.35. The molecule has 23 heavy (non-hydrogen) atoms. The van der Waals surface area contributed by atoms with E-state index in [0.717, 1.165) is 30.3 Å². The highest BCUT2D eigenvalue weighted by Gasteiger charge is 2.12. The van der Waals surface area contributed by atoms with Crippen LogP contribution in [0.4, 0.5) is 4.39 Å². The Balaban J connectivity index is 2.06. The zero-order chi connectivity index (χ0) is 16.0. The fraction of sp³-hybridized carbons (Fsp3) is 0.188. The van der Waals surface area contributed by atoms with Gasteiger partial charge in [0.1, 0.15) is 11.2 Å². The number of hydrogen-bond donors (Lipinski definition) is 1. The molecule has 1 N–H and O–H groups in total. The zero-order valence-corrected chi connectivity index (χ0v) is 12.8. The van der Waals surface area contributed by atoms with Gasteiger partial charge in [-0.3, -0.25) is 9.78 Å². The lowest BCUT2D eigenvalue weighted by Crippen LogP contribution is -2.30. The van der Waals surface area contributed by atoms with Crippen molar-refractivity contribution in [1.82, 2.24) is 19.6 Å². The van der Waals surface area contributed by atoms with Crippen LogP contribution in [0.3, 0.4) is 0 Å². The minimum atomic E-state index is -0.494. The number of aromatic amines is 1. The number of imidazole rings is 1. The van der Waals surface area contributed by atoms with E-state index in [4.69, 9.17) is 11.6 Å². The van der Waals surface area contributed by atoms with Crippen LogP contribution in [0.1, 0.15) is 24.1 Å². The smallest absolute Gasteiger partial charge is 0.276 e. The molecule has 1 aliphatic rings. The monoisotopic (exact) mass is 330 g/mol. The maximum Gasteiger partial charge on any atom is 0.276 e. The van der Waals surface area contributed by atoms with E-state index >= 15 is 0 Å². The van der Waals surface area contributed by atoms with Crippen molar-refractivity contribution in [2.75, 3.05) is 0 Å². The predicted molar refractivity (Wildman–Crippen MR) is 85.2 cm³/mol. The molecular weight excluding hydrogens is 319 g/mol. The molecule has 0 saturated heterocycles. The Labute approximate surface area is 134 Å². The average Bonchev–Trinajstić information content (AvgIpc) is 2.83. The number of rotatable bonds is 1. The Morgan fingerprint density at radius 2 is 2.26 bits per heavy atom. The van der Waals surface area contributed by atoms with Crippen LogP contribution in [-0.4, -0.2) is 19.6 Å². The number of nitrogens with one attached hydrogen (secondary N) is 1. The molecule has 2 heterocycles. The molecule has 7 heteroatoms. The number of aryl methyl sites for hydroxylation is 1. The number of halogens is 2. The first-order valence-corrected chi connectivity index (χ1v) is 7.65. The van der Waals surface area contributed by atoms with E-state index in [9.17, 15) is 9.18 Å². The molecular formula is C16H12ClFN4O. The number of benzene rings is 1. The molecule has 2 aromatic heterocycles. The van der Waals surface area contributed by atoms with Crippen LogP contribution in [-0.2, 0) is 6.42 Å². The maximum atomic E-state index is 14.0. The second-order valence-corrected chi connectivity index (χ2v) is 5.80. The van der Waals surface area contributed by atoms with Gasteiger partial charge in [0.05, 0.1) is 16.1 Å². The van der Waals surface area contributed by atoms with Crippen LogP contribution in [0.25, 0.3) is 17.9 Å². The summed E-state index contributed by atoms with van der Waals surface area (Å²) in [5.41, 5.74) is 0.611. The fourth-order valence-electron chi connectivity index (χ4n) is 2.72. The molecule has 0 unspecified atom stereocenters. The van der Waals surface area contributed by atoms with E-state index in [0.29, 0.717) is 5.78 Å². The molecule has 0 saturated carbocycles. The highest BCUT2D eigenvalue weighted by molar-refractivity contribution is 6.32. The lowest BCUT2D eigenvalue weighted by Gasteiger charge is -2.06. The van der Waals surface area contributed by atoms with E-state index in [1.54, 1.807) is 6.07 Å². The van der Waals surface area contributed by atoms with Gasteiger partial charge in [-0.25, -0.2) is 9.37 Å². The number of fused-ring (bicyclic) bond motifs is 2. The van der Waals surface area contributed by atoms with Gasteiger partial charge < -0.3 is 0 Å². The maximum absolute atomic E-state index is 14.0. The SMILES string of the molecule is O=c1[nH]c2nc3c(nn2/c1=C/c1c(F)cccc1Cl)CCCC=3. The first kappa shape index (κ1) is 14.1. The van der Waals surface area contributed by atoms with Crippen molar-refractivity contribution in [1.29, 1.82) is 0 Å². The summed E-state index contributed by atoms with van der Waals surface area (Å²) in [5.74, 6) is -0.156. The van der Waals surface area contributed by atoms with Crippen molar-refractivity contribution in [3.8, 4) is 0 Å². The minimum Gasteiger partial charge on any atom is -0.289 e. The van der Waals surface area contributed by atoms with Gasteiger partial charge in [-0.2, -0.15) is 9.61 Å². The molecule has 0 bridgehead atoms. The van der Waals surface area contributed by atoms with Crippen molar-refractivity contribution in [2.45, 2.75) is 19.3 Å². The molecule has 0 fully saturated rings. The Morgan fingerprint density at radius 3 is 3.09 bits per heavy atom. The summed E-state index contributed by atoms with van der Waals surface area (Å²) in [5, 5.41) is 5.72. The molecule has 3 aromatic rings. The largest absolute Gasteiger partial charge is 0.289 e. The quantitative estimate of drug-likeness (QED) is 0.728. The average molecular weight is 331 g/mol. The number of nitrogens with zero attached hydrogens (tertiary/aromatic N) is 3. The molecule has 0 radical (unpaired) electrons. The highest BCUT2D eigenvalue weighted by atomic mass is 35.5. The molecule has 0 atom stereocenters. The molecule has 0 amide bonds. The number of hydrogen-bond acceptors (Lipinski definition) is 3. The number of aromatic nitrogens is 4. The van der Waals surface area contributed by atoms with E-state index in [1.165, 1.54) is 22.7 Å². The van der Waals surface area contributed by atoms with Gasteiger partial charge in [0.25, 0.3) is 5.56 Å². The van der Waals surface area contributed by atoms with Gasteiger partial charge >= 0.3 is 0 Å². The molecule has 1 aliphatic carbocycles. The molecule has 4 rings (SSSR count). The standard InChI is InChI=1S/C16H12ClFN4O/c17-10-4-3-5-11(18)9(10)8-14-15(23)20-16-19-12-6-1-2-7-13(12)21-22(14)16/h3-6,8H,1-2,7H2,(H,19,20,23)/b14-8+. The van der Waals surface area contributed by atoms with E-state index in [-0.39, 0.29) is 21.5 Å². The molecule has 5 nitrogen and oxygen atoms in total. The summed E-state index contributed by atoms with van der Waals surface area (Å²) in [7, 11) is 0. The normalized spacial score (nSPS) is 14.8. The third-order valence-corrected chi connectivity index (χ3v) is 4.20. The molecule has 0 spiro atoms. The predicted octanol–water partition coefficient (Wildman–Crippen LogP) is 1.16. The molecule has 116 valence electrons. The van der Waals surface area contributed by atoms with Crippen LogP contribution in [0.5, 0.6) is 0 Å². The third-order valence-electron chi connectivity index (χ3n) is 3.87. The highest BCUT2D eigenvalue weighted by Crippen LogP contribution is 2.19. The second kappa shape index (κ2) is 5.31. The second-order valence-electron chi connectivity index (χ2n) is 5.39. The summed E-state index contributed by atoms with van der Waals surface area (Å²) in [6.45, 7) is 0. The first-order chi connectivity index (χ1) is 11.1. The van der Waals surface area contributed by atoms with Gasteiger partial charge in [-0.1, -0.05) is 23.7 Å². The topological polar surface area (TPSA) is 63.0 Å². The van der Waals surface area contributed by atoms with Crippen molar-refractivity contribution in [3.05, 3.63) is 61.3 Å². The van der Waals surface area contributed by atoms with E-state index in [1.807, 2.05) is 6.08 Å². The number of H-pyrrole nitrogens is 1. The Hall–Kier alpha value is -2.47. The van der Waals surface area contributed by atoms with Crippen LogP contribution in [0.15, 0.2) is 23.0 Å². The minimum absolute atomic E-state index is 0.158. The lowest BCUT2D eigenvalue weighted by molar-refractivity contribution is 0.625. The van der Waals surface area contributed by atoms with Crippen LogP contribution in [0.2, 0.25) is 5.02 Å². The summed E-state index contributed by atoms with van der Waals surface area (Å²) >= 11 is 6.03. The Kier molecular flexibility index (Phi) is 3.27. The Morgan fingerprint density at radius 1 is 1.39 bits per heavy atom. The summed E-state index contributed by atoms with van der Waals surface area (Å²) < 4.78 is 15.4. The van der Waals surface area contributed by atoms with E-state index < -0.39 is 5.82 Å². The van der Waals surface area contributed by atoms with Crippen molar-refractivity contribution in [2.24, 2.45) is 0 Å². The summed E-state index contributed by atoms with van der Waals surface area (Å²) in [4.78, 5) is 19.3. The van der Waals surface area contributed by atoms with Crippen molar-refractivity contribution in [3.63, 3.8) is 0 Å². The first-order valence-electron chi connectivity index (χ1n) is 7.27. The van der Waals surface area contributed by atoms with Gasteiger partial charge in [0.2, 0.25) is 5.78 Å². The summed E-state index contributed by atoms with van der Waals surface area (Å²) in [6, 6.07) is 4.38. The zero-order valence-electron chi connectivity index (χ0n) is 12.0. The van der Waals surface area contributed by atoms with Crippen molar-refractivity contribution >= 4 is 29.5 Å². The fourth-order valence-corrected chi connectivity index (χ4v) is 2.94. The lowest BCUT2D eigenvalue weighted by atomic mass is 10.1. The molecule has 0 aliphatic heterocycles. The van der Waals surface area contributed by atoms with Crippen LogP contribution in [0, 0.1) is 5.82 Å². The van der Waals surface area contributed by atoms with E-state index in [2.05, 4.69) is 15.1 Å². The van der Waals surface area contributed by atoms with Gasteiger partial charge in [-0.05, 0) is 37.5 Å².